The summed E-state index contributed by atoms with van der Waals surface area (Å²) in [5.74, 6) is -0.404. The Bertz CT molecular complexity index is 962. The van der Waals surface area contributed by atoms with Gasteiger partial charge in [-0.1, -0.05) is 36.0 Å². The lowest BCUT2D eigenvalue weighted by molar-refractivity contribution is -0.121. The number of anilines is 1. The summed E-state index contributed by atoms with van der Waals surface area (Å²) >= 11 is 1.21. The van der Waals surface area contributed by atoms with Gasteiger partial charge in [-0.3, -0.25) is 9.59 Å². The molecule has 0 radical (unpaired) electrons. The van der Waals surface area contributed by atoms with E-state index in [1.54, 1.807) is 0 Å². The van der Waals surface area contributed by atoms with Gasteiger partial charge in [0.05, 0.1) is 5.69 Å². The van der Waals surface area contributed by atoms with Crippen LogP contribution in [0.1, 0.15) is 17.5 Å². The molecular weight excluding hydrogens is 336 g/mol. The summed E-state index contributed by atoms with van der Waals surface area (Å²) in [5, 5.41) is -0.101. The van der Waals surface area contributed by atoms with E-state index in [0.717, 1.165) is 16.6 Å². The van der Waals surface area contributed by atoms with E-state index in [9.17, 15) is 9.59 Å². The molecule has 5 nitrogen and oxygen atoms in total. The highest BCUT2D eigenvalue weighted by molar-refractivity contribution is 8.00. The second-order valence-corrected chi connectivity index (χ2v) is 7.27. The van der Waals surface area contributed by atoms with Crippen molar-refractivity contribution in [1.82, 2.24) is 4.98 Å². The molecule has 1 aliphatic rings. The molecule has 2 heterocycles. The topological polar surface area (TPSA) is 63.4 Å². The van der Waals surface area contributed by atoms with Gasteiger partial charge in [-0.2, -0.15) is 0 Å². The third-order valence-electron chi connectivity index (χ3n) is 4.23. The third-order valence-corrected chi connectivity index (χ3v) is 5.26. The van der Waals surface area contributed by atoms with Crippen LogP contribution in [0.15, 0.2) is 52.1 Å². The molecule has 3 aromatic rings. The second kappa shape index (κ2) is 6.04. The van der Waals surface area contributed by atoms with Crippen molar-refractivity contribution in [3.8, 4) is 0 Å². The number of benzene rings is 2. The predicted molar refractivity (Wildman–Crippen MR) is 96.7 cm³/mol. The number of para-hydroxylation sites is 2. The van der Waals surface area contributed by atoms with Crippen LogP contribution in [0.3, 0.4) is 0 Å². The number of hydrogen-bond acceptors (Lipinski definition) is 5. The Kier molecular flexibility index (Phi) is 3.84. The zero-order valence-electron chi connectivity index (χ0n) is 13.9. The molecule has 1 aromatic heterocycles. The van der Waals surface area contributed by atoms with Crippen molar-refractivity contribution in [1.29, 1.82) is 0 Å². The molecule has 0 N–H and O–H groups in total. The molecule has 126 valence electrons. The minimum Gasteiger partial charge on any atom is -0.431 e. The highest BCUT2D eigenvalue weighted by atomic mass is 32.2. The van der Waals surface area contributed by atoms with E-state index in [4.69, 9.17) is 4.42 Å². The van der Waals surface area contributed by atoms with Gasteiger partial charge in [-0.05, 0) is 43.2 Å². The van der Waals surface area contributed by atoms with E-state index in [2.05, 4.69) is 4.98 Å². The van der Waals surface area contributed by atoms with Crippen LogP contribution in [0.4, 0.5) is 5.69 Å². The van der Waals surface area contributed by atoms with Crippen LogP contribution in [0.25, 0.3) is 11.1 Å². The number of hydrogen-bond donors (Lipinski definition) is 0. The molecule has 0 bridgehead atoms. The molecule has 6 heteroatoms. The van der Waals surface area contributed by atoms with Gasteiger partial charge in [0.1, 0.15) is 10.8 Å². The Balaban J connectivity index is 1.61. The van der Waals surface area contributed by atoms with E-state index in [-0.39, 0.29) is 18.2 Å². The number of rotatable bonds is 3. The molecule has 0 aliphatic carbocycles. The van der Waals surface area contributed by atoms with Crippen LogP contribution in [0.5, 0.6) is 0 Å². The largest absolute Gasteiger partial charge is 0.431 e. The average molecular weight is 352 g/mol. The Morgan fingerprint density at radius 3 is 2.76 bits per heavy atom. The summed E-state index contributed by atoms with van der Waals surface area (Å²) in [5.41, 5.74) is 3.99. The number of fused-ring (bicyclic) bond motifs is 1. The number of aryl methyl sites for hydroxylation is 2. The lowest BCUT2D eigenvalue weighted by atomic mass is 10.1. The Labute approximate surface area is 149 Å². The lowest BCUT2D eigenvalue weighted by Gasteiger charge is -2.17. The smallest absolute Gasteiger partial charge is 0.257 e. The van der Waals surface area contributed by atoms with Crippen molar-refractivity contribution in [2.75, 3.05) is 4.90 Å². The average Bonchev–Trinajstić information content (AvgIpc) is 3.11. The number of carbonyl (C=O) groups is 2. The van der Waals surface area contributed by atoms with E-state index in [1.807, 2.05) is 56.3 Å². The van der Waals surface area contributed by atoms with E-state index >= 15 is 0 Å². The number of carbonyl (C=O) groups excluding carboxylic acids is 2. The van der Waals surface area contributed by atoms with Gasteiger partial charge in [0.25, 0.3) is 5.22 Å². The predicted octanol–water partition coefficient (Wildman–Crippen LogP) is 3.87. The maximum atomic E-state index is 12.8. The summed E-state index contributed by atoms with van der Waals surface area (Å²) in [6.45, 7) is 3.84. The molecular formula is C19H16N2O3S. The van der Waals surface area contributed by atoms with E-state index in [1.165, 1.54) is 16.7 Å². The first kappa shape index (κ1) is 15.9. The van der Waals surface area contributed by atoms with Crippen molar-refractivity contribution in [3.05, 3.63) is 53.6 Å². The number of amides is 2. The quantitative estimate of drug-likeness (QED) is 0.670. The zero-order chi connectivity index (χ0) is 17.6. The normalized spacial score (nSPS) is 17.7. The van der Waals surface area contributed by atoms with Crippen LogP contribution in [0.2, 0.25) is 0 Å². The van der Waals surface area contributed by atoms with Gasteiger partial charge < -0.3 is 4.42 Å². The number of oxazole rings is 1. The molecule has 1 aliphatic heterocycles. The fourth-order valence-corrected chi connectivity index (χ4v) is 3.90. The van der Waals surface area contributed by atoms with Crippen LogP contribution in [-0.2, 0) is 9.59 Å². The first-order valence-electron chi connectivity index (χ1n) is 7.99. The second-order valence-electron chi connectivity index (χ2n) is 6.12. The van der Waals surface area contributed by atoms with Crippen LogP contribution in [0, 0.1) is 13.8 Å². The van der Waals surface area contributed by atoms with Crippen molar-refractivity contribution in [3.63, 3.8) is 0 Å². The molecule has 2 amide bonds. The summed E-state index contributed by atoms with van der Waals surface area (Å²) < 4.78 is 5.67. The first-order chi connectivity index (χ1) is 12.0. The van der Waals surface area contributed by atoms with Gasteiger partial charge in [-0.15, -0.1) is 0 Å². The third kappa shape index (κ3) is 2.82. The SMILES string of the molecule is Cc1ccc(C)c(N2C(=O)C[C@@H](Sc3nc4ccccc4o3)C2=O)c1. The van der Waals surface area contributed by atoms with Crippen LogP contribution >= 0.6 is 11.8 Å². The van der Waals surface area contributed by atoms with Gasteiger partial charge in [0.2, 0.25) is 11.8 Å². The molecule has 2 aromatic carbocycles. The maximum absolute atomic E-state index is 12.8. The minimum atomic E-state index is -0.513. The standard InChI is InChI=1S/C19H16N2O3S/c1-11-7-8-12(2)14(9-11)21-17(22)10-16(18(21)23)25-19-20-13-5-3-4-6-15(13)24-19/h3-9,16H,10H2,1-2H3/t16-/m1/s1. The summed E-state index contributed by atoms with van der Waals surface area (Å²) in [7, 11) is 0. The number of nitrogens with zero attached hydrogens (tertiary/aromatic N) is 2. The van der Waals surface area contributed by atoms with Crippen molar-refractivity contribution in [2.45, 2.75) is 30.7 Å². The Morgan fingerprint density at radius 2 is 1.96 bits per heavy atom. The molecule has 1 fully saturated rings. The fraction of sp³-hybridized carbons (Fsp3) is 0.211. The Hall–Kier alpha value is -2.60. The highest BCUT2D eigenvalue weighted by Gasteiger charge is 2.41. The van der Waals surface area contributed by atoms with Gasteiger partial charge in [0.15, 0.2) is 5.58 Å². The van der Waals surface area contributed by atoms with Crippen LogP contribution < -0.4 is 4.90 Å². The monoisotopic (exact) mass is 352 g/mol. The van der Waals surface area contributed by atoms with Gasteiger partial charge in [0, 0.05) is 6.42 Å². The van der Waals surface area contributed by atoms with Crippen LogP contribution in [-0.4, -0.2) is 22.0 Å². The Morgan fingerprint density at radius 1 is 1.16 bits per heavy atom. The highest BCUT2D eigenvalue weighted by Crippen LogP contribution is 2.36. The summed E-state index contributed by atoms with van der Waals surface area (Å²) in [6.07, 6.45) is 0.148. The fourth-order valence-electron chi connectivity index (χ4n) is 2.93. The molecule has 0 saturated carbocycles. The van der Waals surface area contributed by atoms with Gasteiger partial charge >= 0.3 is 0 Å². The number of thioether (sulfide) groups is 1. The van der Waals surface area contributed by atoms with Crippen molar-refractivity contribution < 1.29 is 14.0 Å². The van der Waals surface area contributed by atoms with Crippen molar-refractivity contribution >= 4 is 40.4 Å². The first-order valence-corrected chi connectivity index (χ1v) is 8.87. The molecule has 4 rings (SSSR count). The van der Waals surface area contributed by atoms with Gasteiger partial charge in [-0.25, -0.2) is 9.88 Å². The molecule has 0 spiro atoms. The molecule has 1 saturated heterocycles. The molecule has 25 heavy (non-hydrogen) atoms. The molecule has 1 atom stereocenters. The summed E-state index contributed by atoms with van der Waals surface area (Å²) in [6, 6.07) is 13.2. The maximum Gasteiger partial charge on any atom is 0.257 e. The summed E-state index contributed by atoms with van der Waals surface area (Å²) in [4.78, 5) is 31.0. The van der Waals surface area contributed by atoms with E-state index in [0.29, 0.717) is 16.5 Å². The minimum absolute atomic E-state index is 0.148. The molecule has 0 unspecified atom stereocenters. The zero-order valence-corrected chi connectivity index (χ0v) is 14.7. The van der Waals surface area contributed by atoms with E-state index < -0.39 is 5.25 Å². The van der Waals surface area contributed by atoms with Crippen molar-refractivity contribution in [2.24, 2.45) is 0 Å². The number of aromatic nitrogens is 1. The lowest BCUT2D eigenvalue weighted by Crippen LogP contribution is -2.31. The number of imide groups is 1.